The van der Waals surface area contributed by atoms with Crippen molar-refractivity contribution in [3.63, 3.8) is 0 Å². The van der Waals surface area contributed by atoms with E-state index in [0.29, 0.717) is 35.7 Å². The van der Waals surface area contributed by atoms with E-state index in [2.05, 4.69) is 11.9 Å². The van der Waals surface area contributed by atoms with Crippen molar-refractivity contribution in [1.29, 1.82) is 5.26 Å². The van der Waals surface area contributed by atoms with Gasteiger partial charge in [-0.25, -0.2) is 4.79 Å². The largest absolute Gasteiger partial charge is 0.490 e. The first-order chi connectivity index (χ1) is 12.8. The van der Waals surface area contributed by atoms with Crippen molar-refractivity contribution < 1.29 is 24.2 Å². The van der Waals surface area contributed by atoms with Crippen molar-refractivity contribution in [2.45, 2.75) is 33.2 Å². The highest BCUT2D eigenvalue weighted by Crippen LogP contribution is 2.34. The van der Waals surface area contributed by atoms with Gasteiger partial charge < -0.3 is 19.9 Å². The third-order valence-corrected chi connectivity index (χ3v) is 3.25. The third kappa shape index (κ3) is 6.86. The lowest BCUT2D eigenvalue weighted by Gasteiger charge is -2.16. The van der Waals surface area contributed by atoms with Crippen LogP contribution in [0.4, 0.5) is 0 Å². The molecule has 7 heteroatoms. The molecular formula is C20H24N2O5. The molecule has 144 valence electrons. The summed E-state index contributed by atoms with van der Waals surface area (Å²) < 4.78 is 11.0. The zero-order valence-electron chi connectivity index (χ0n) is 15.7. The summed E-state index contributed by atoms with van der Waals surface area (Å²) in [6.07, 6.45) is 3.49. The molecule has 1 amide bonds. The van der Waals surface area contributed by atoms with Crippen molar-refractivity contribution >= 4 is 18.0 Å². The Morgan fingerprint density at radius 1 is 1.37 bits per heavy atom. The van der Waals surface area contributed by atoms with E-state index in [1.165, 1.54) is 6.08 Å². The molecule has 0 fully saturated rings. The van der Waals surface area contributed by atoms with Crippen molar-refractivity contribution in [1.82, 2.24) is 5.32 Å². The minimum Gasteiger partial charge on any atom is -0.490 e. The summed E-state index contributed by atoms with van der Waals surface area (Å²) in [6.45, 7) is 8.90. The maximum absolute atomic E-state index is 12.1. The number of benzene rings is 1. The summed E-state index contributed by atoms with van der Waals surface area (Å²) in [6, 6.07) is 5.11. The number of amides is 1. The molecule has 2 N–H and O–H groups in total. The molecule has 0 aromatic heterocycles. The molecule has 0 aliphatic carbocycles. The fourth-order valence-electron chi connectivity index (χ4n) is 2.29. The van der Waals surface area contributed by atoms with Crippen LogP contribution in [0, 0.1) is 11.3 Å². The lowest BCUT2D eigenvalue weighted by molar-refractivity contribution is -0.139. The SMILES string of the molecule is C=CCc1cc(/C=C(/C#N)C(=O)NC(C)C)cc(OCC)c1OCC(=O)O. The van der Waals surface area contributed by atoms with Gasteiger partial charge in [0, 0.05) is 11.6 Å². The zero-order chi connectivity index (χ0) is 20.4. The normalized spacial score (nSPS) is 10.9. The van der Waals surface area contributed by atoms with Gasteiger partial charge in [0.1, 0.15) is 11.6 Å². The highest BCUT2D eigenvalue weighted by Gasteiger charge is 2.16. The average Bonchev–Trinajstić information content (AvgIpc) is 2.58. The third-order valence-electron chi connectivity index (χ3n) is 3.25. The first-order valence-electron chi connectivity index (χ1n) is 8.50. The molecule has 0 bridgehead atoms. The molecule has 7 nitrogen and oxygen atoms in total. The molecule has 0 spiro atoms. The second-order valence-electron chi connectivity index (χ2n) is 5.91. The number of rotatable bonds is 10. The molecule has 0 atom stereocenters. The minimum absolute atomic E-state index is 0.0464. The Labute approximate surface area is 158 Å². The van der Waals surface area contributed by atoms with Crippen LogP contribution >= 0.6 is 0 Å². The van der Waals surface area contributed by atoms with Crippen LogP contribution in [0.15, 0.2) is 30.4 Å². The van der Waals surface area contributed by atoms with Gasteiger partial charge in [0.05, 0.1) is 6.61 Å². The van der Waals surface area contributed by atoms with Gasteiger partial charge in [0.2, 0.25) is 0 Å². The first-order valence-corrected chi connectivity index (χ1v) is 8.50. The van der Waals surface area contributed by atoms with Crippen molar-refractivity contribution in [3.8, 4) is 17.6 Å². The Morgan fingerprint density at radius 3 is 2.59 bits per heavy atom. The van der Waals surface area contributed by atoms with Crippen LogP contribution in [-0.4, -0.2) is 36.2 Å². The van der Waals surface area contributed by atoms with Crippen molar-refractivity contribution in [2.24, 2.45) is 0 Å². The fourth-order valence-corrected chi connectivity index (χ4v) is 2.29. The molecule has 0 saturated carbocycles. The molecule has 1 aromatic carbocycles. The lowest BCUT2D eigenvalue weighted by atomic mass is 10.0. The van der Waals surface area contributed by atoms with Gasteiger partial charge >= 0.3 is 5.97 Å². The topological polar surface area (TPSA) is 109 Å². The molecule has 0 radical (unpaired) electrons. The van der Waals surface area contributed by atoms with Crippen molar-refractivity contribution in [3.05, 3.63) is 41.5 Å². The Kier molecular flexibility index (Phi) is 8.60. The van der Waals surface area contributed by atoms with Crippen LogP contribution in [-0.2, 0) is 16.0 Å². The summed E-state index contributed by atoms with van der Waals surface area (Å²) in [5.41, 5.74) is 1.16. The maximum Gasteiger partial charge on any atom is 0.341 e. The van der Waals surface area contributed by atoms with Gasteiger partial charge in [-0.15, -0.1) is 6.58 Å². The zero-order valence-corrected chi connectivity index (χ0v) is 15.7. The quantitative estimate of drug-likeness (QED) is 0.371. The number of carbonyl (C=O) groups excluding carboxylic acids is 1. The van der Waals surface area contributed by atoms with Crippen LogP contribution in [0.1, 0.15) is 31.9 Å². The number of nitrogens with one attached hydrogen (secondary N) is 1. The Balaban J connectivity index is 3.40. The Morgan fingerprint density at radius 2 is 2.07 bits per heavy atom. The van der Waals surface area contributed by atoms with E-state index in [0.717, 1.165) is 0 Å². The fraction of sp³-hybridized carbons (Fsp3) is 0.350. The number of carboxylic acids is 1. The molecule has 0 unspecified atom stereocenters. The predicted octanol–water partition coefficient (Wildman–Crippen LogP) is 2.71. The summed E-state index contributed by atoms with van der Waals surface area (Å²) >= 11 is 0. The molecule has 0 saturated heterocycles. The smallest absolute Gasteiger partial charge is 0.341 e. The molecule has 1 aromatic rings. The van der Waals surface area contributed by atoms with Crippen LogP contribution < -0.4 is 14.8 Å². The van der Waals surface area contributed by atoms with Crippen LogP contribution in [0.5, 0.6) is 11.5 Å². The van der Waals surface area contributed by atoms with Gasteiger partial charge in [-0.1, -0.05) is 6.08 Å². The number of aliphatic carboxylic acids is 1. The number of nitrogens with zero attached hydrogens (tertiary/aromatic N) is 1. The highest BCUT2D eigenvalue weighted by molar-refractivity contribution is 6.01. The molecule has 0 aliphatic heterocycles. The summed E-state index contributed by atoms with van der Waals surface area (Å²) in [4.78, 5) is 23.0. The number of carboxylic acid groups (broad SMARTS) is 1. The first kappa shape index (κ1) is 21.8. The van der Waals surface area contributed by atoms with E-state index >= 15 is 0 Å². The van der Waals surface area contributed by atoms with Gasteiger partial charge in [-0.3, -0.25) is 4.79 Å². The van der Waals surface area contributed by atoms with E-state index in [1.807, 2.05) is 6.07 Å². The van der Waals surface area contributed by atoms with Crippen LogP contribution in [0.25, 0.3) is 6.08 Å². The Hall–Kier alpha value is -3.27. The van der Waals surface area contributed by atoms with E-state index in [1.54, 1.807) is 39.0 Å². The van der Waals surface area contributed by atoms with Gasteiger partial charge in [-0.05, 0) is 51.0 Å². The van der Waals surface area contributed by atoms with E-state index in [9.17, 15) is 14.9 Å². The van der Waals surface area contributed by atoms with Crippen molar-refractivity contribution in [2.75, 3.05) is 13.2 Å². The number of hydrogen-bond acceptors (Lipinski definition) is 5. The maximum atomic E-state index is 12.1. The van der Waals surface area contributed by atoms with Crippen LogP contribution in [0.3, 0.4) is 0 Å². The number of hydrogen-bond donors (Lipinski definition) is 2. The molecule has 1 rings (SSSR count). The highest BCUT2D eigenvalue weighted by atomic mass is 16.5. The number of allylic oxidation sites excluding steroid dienone is 1. The van der Waals surface area contributed by atoms with E-state index in [4.69, 9.17) is 14.6 Å². The predicted molar refractivity (Wildman–Crippen MR) is 102 cm³/mol. The van der Waals surface area contributed by atoms with Gasteiger partial charge in [0.15, 0.2) is 18.1 Å². The van der Waals surface area contributed by atoms with Gasteiger partial charge in [0.25, 0.3) is 5.91 Å². The monoisotopic (exact) mass is 372 g/mol. The second kappa shape index (κ2) is 10.7. The summed E-state index contributed by atoms with van der Waals surface area (Å²) in [5, 5.41) is 20.8. The summed E-state index contributed by atoms with van der Waals surface area (Å²) in [5.74, 6) is -0.933. The minimum atomic E-state index is -1.11. The standard InChI is InChI=1S/C20H24N2O5/c1-5-7-15-8-14(9-16(11-21)20(25)22-13(3)4)10-17(26-6-2)19(15)27-12-18(23)24/h5,8-10,13H,1,6-7,12H2,2-4H3,(H,22,25)(H,23,24)/b16-9-. The van der Waals surface area contributed by atoms with Gasteiger partial charge in [-0.2, -0.15) is 5.26 Å². The number of ether oxygens (including phenoxy) is 2. The lowest BCUT2D eigenvalue weighted by Crippen LogP contribution is -2.30. The molecule has 27 heavy (non-hydrogen) atoms. The van der Waals surface area contributed by atoms with Crippen LogP contribution in [0.2, 0.25) is 0 Å². The van der Waals surface area contributed by atoms with E-state index in [-0.39, 0.29) is 11.6 Å². The molecular weight excluding hydrogens is 348 g/mol. The number of nitriles is 1. The second-order valence-corrected chi connectivity index (χ2v) is 5.91. The van der Waals surface area contributed by atoms with E-state index < -0.39 is 18.5 Å². The molecule has 0 aliphatic rings. The average molecular weight is 372 g/mol. The summed E-state index contributed by atoms with van der Waals surface area (Å²) in [7, 11) is 0. The Bertz CT molecular complexity index is 775. The molecule has 0 heterocycles. The number of carbonyl (C=O) groups is 2.